The normalized spacial score (nSPS) is 13.5. The molecular formula is C75H87N13O6. The summed E-state index contributed by atoms with van der Waals surface area (Å²) < 4.78 is 8.77. The lowest BCUT2D eigenvalue weighted by Crippen LogP contribution is -2.28. The van der Waals surface area contributed by atoms with E-state index in [1.54, 1.807) is 6.07 Å². The van der Waals surface area contributed by atoms with Crippen LogP contribution in [0.15, 0.2) is 147 Å². The number of nitrogens with one attached hydrogen (secondary N) is 7. The summed E-state index contributed by atoms with van der Waals surface area (Å²) in [4.78, 5) is 81.1. The van der Waals surface area contributed by atoms with Crippen molar-refractivity contribution in [2.45, 2.75) is 136 Å². The highest BCUT2D eigenvalue weighted by Crippen LogP contribution is 2.33. The van der Waals surface area contributed by atoms with E-state index in [0.29, 0.717) is 44.8 Å². The quantitative estimate of drug-likeness (QED) is 0.0843. The fourth-order valence-electron chi connectivity index (χ4n) is 13.0. The molecule has 12 aromatic rings. The van der Waals surface area contributed by atoms with Gasteiger partial charge in [-0.3, -0.25) is 28.8 Å². The molecule has 0 bridgehead atoms. The van der Waals surface area contributed by atoms with Crippen molar-refractivity contribution in [1.82, 2.24) is 65.1 Å². The lowest BCUT2D eigenvalue weighted by atomic mass is 10.0. The molecule has 488 valence electrons. The molecule has 0 saturated heterocycles. The summed E-state index contributed by atoms with van der Waals surface area (Å²) in [6.45, 7) is 13.2. The average Bonchev–Trinajstić information content (AvgIpc) is 1.62. The largest absolute Gasteiger partial charge is 0.361 e. The highest BCUT2D eigenvalue weighted by Gasteiger charge is 2.26. The Kier molecular flexibility index (Phi) is 21.5. The molecule has 18 rings (SSSR count). The highest BCUT2D eigenvalue weighted by molar-refractivity contribution is 6.13. The summed E-state index contributed by atoms with van der Waals surface area (Å²) in [6, 6.07) is 34.9. The van der Waals surface area contributed by atoms with Crippen LogP contribution >= 0.6 is 0 Å². The molecule has 0 radical (unpaired) electrons. The van der Waals surface area contributed by atoms with Crippen LogP contribution in [0.4, 0.5) is 0 Å². The zero-order valence-corrected chi connectivity index (χ0v) is 50.0. The van der Waals surface area contributed by atoms with Gasteiger partial charge in [-0.05, 0) is 120 Å². The van der Waals surface area contributed by atoms with Gasteiger partial charge in [-0.2, -0.15) is 0 Å². The maximum Gasteiger partial charge on any atom is 0.252 e. The minimum Gasteiger partial charge on any atom is -0.361 e. The number of aromatic nitrogens is 7. The summed E-state index contributed by atoms with van der Waals surface area (Å²) in [5.74, 6) is 0.163. The summed E-state index contributed by atoms with van der Waals surface area (Å²) in [6.07, 6.45) is 15.5. The van der Waals surface area contributed by atoms with Gasteiger partial charge in [0.05, 0.1) is 23.3 Å². The third-order valence-corrected chi connectivity index (χ3v) is 17.2. The van der Waals surface area contributed by atoms with Gasteiger partial charge in [-0.15, -0.1) is 0 Å². The van der Waals surface area contributed by atoms with E-state index in [4.69, 9.17) is 0 Å². The second-order valence-electron chi connectivity index (χ2n) is 22.7. The molecular weight excluding hydrogens is 1180 g/mol. The molecule has 0 spiro atoms. The molecule has 6 aromatic carbocycles. The molecule has 12 heterocycles. The summed E-state index contributed by atoms with van der Waals surface area (Å²) in [5.41, 5.74) is 18.2. The van der Waals surface area contributed by atoms with E-state index in [-0.39, 0.29) is 72.6 Å². The van der Waals surface area contributed by atoms with Crippen molar-refractivity contribution in [2.75, 3.05) is 0 Å². The number of nitrogens with zero attached hydrogens (tertiary/aromatic N) is 6. The van der Waals surface area contributed by atoms with Gasteiger partial charge in [0.2, 0.25) is 0 Å². The van der Waals surface area contributed by atoms with Gasteiger partial charge in [0.15, 0.2) is 0 Å². The van der Waals surface area contributed by atoms with E-state index < -0.39 is 0 Å². The topological polar surface area (TPSA) is 236 Å². The highest BCUT2D eigenvalue weighted by atomic mass is 16.2. The Balaban J connectivity index is 0.000000143. The van der Waals surface area contributed by atoms with Crippen molar-refractivity contribution >= 4 is 101 Å². The van der Waals surface area contributed by atoms with Crippen molar-refractivity contribution in [2.24, 2.45) is 7.05 Å². The molecule has 7 N–H and O–H groups in total. The zero-order chi connectivity index (χ0) is 61.4. The van der Waals surface area contributed by atoms with Crippen LogP contribution in [0.2, 0.25) is 0 Å². The van der Waals surface area contributed by atoms with Crippen LogP contribution in [0.1, 0.15) is 173 Å². The maximum absolute atomic E-state index is 11.8. The number of H-pyrrole nitrogens is 1. The fourth-order valence-corrected chi connectivity index (χ4v) is 13.0. The lowest BCUT2D eigenvalue weighted by molar-refractivity contribution is 0.0940. The van der Waals surface area contributed by atoms with Crippen LogP contribution in [-0.2, 0) is 66.0 Å². The summed E-state index contributed by atoms with van der Waals surface area (Å²) >= 11 is 0. The van der Waals surface area contributed by atoms with Gasteiger partial charge in [0, 0.05) is 178 Å². The number of aryl methyl sites for hydroxylation is 4. The third-order valence-electron chi connectivity index (χ3n) is 17.2. The molecule has 6 aromatic heterocycles. The number of benzene rings is 6. The van der Waals surface area contributed by atoms with E-state index in [0.717, 1.165) is 108 Å². The smallest absolute Gasteiger partial charge is 0.252 e. The van der Waals surface area contributed by atoms with Crippen LogP contribution in [0.25, 0.3) is 65.4 Å². The van der Waals surface area contributed by atoms with Crippen molar-refractivity contribution < 1.29 is 28.8 Å². The number of amides is 6. The Morgan fingerprint density at radius 1 is 0.383 bits per heavy atom. The van der Waals surface area contributed by atoms with Crippen LogP contribution in [0, 0.1) is 0 Å². The molecule has 6 aliphatic heterocycles. The van der Waals surface area contributed by atoms with Crippen LogP contribution in [0.5, 0.6) is 0 Å². The van der Waals surface area contributed by atoms with Crippen LogP contribution in [-0.4, -0.2) is 68.7 Å². The minimum atomic E-state index is -0.0436. The van der Waals surface area contributed by atoms with Crippen molar-refractivity contribution in [1.29, 1.82) is 0 Å². The molecule has 0 atom stereocenters. The molecule has 6 amide bonds. The monoisotopic (exact) mass is 1270 g/mol. The first-order valence-electron chi connectivity index (χ1n) is 30.3. The lowest BCUT2D eigenvalue weighted by Gasteiger charge is -2.15. The van der Waals surface area contributed by atoms with Gasteiger partial charge in [0.25, 0.3) is 35.4 Å². The predicted molar refractivity (Wildman–Crippen MR) is 378 cm³/mol. The number of unbranched alkanes of at least 4 members (excludes halogenated alkanes) is 1. The first-order valence-corrected chi connectivity index (χ1v) is 30.3. The van der Waals surface area contributed by atoms with Gasteiger partial charge in [-0.1, -0.05) is 93.8 Å². The third kappa shape index (κ3) is 12.6. The van der Waals surface area contributed by atoms with E-state index in [1.165, 1.54) is 63.5 Å². The molecule has 0 fully saturated rings. The van der Waals surface area contributed by atoms with Crippen LogP contribution in [0.3, 0.4) is 0 Å². The van der Waals surface area contributed by atoms with E-state index >= 15 is 0 Å². The molecule has 0 unspecified atom stereocenters. The average molecular weight is 1270 g/mol. The molecule has 19 heteroatoms. The van der Waals surface area contributed by atoms with E-state index in [9.17, 15) is 28.8 Å². The molecule has 6 aliphatic rings. The molecule has 0 saturated carbocycles. The Morgan fingerprint density at radius 2 is 0.766 bits per heavy atom. The van der Waals surface area contributed by atoms with Gasteiger partial charge in [-0.25, -0.2) is 9.97 Å². The van der Waals surface area contributed by atoms with E-state index in [2.05, 4.69) is 129 Å². The summed E-state index contributed by atoms with van der Waals surface area (Å²) in [7, 11) is 2.01. The summed E-state index contributed by atoms with van der Waals surface area (Å²) in [5, 5.41) is 23.6. The molecule has 94 heavy (non-hydrogen) atoms. The number of hydrogen-bond acceptors (Lipinski definition) is 8. The van der Waals surface area contributed by atoms with Crippen molar-refractivity contribution in [3.8, 4) is 0 Å². The van der Waals surface area contributed by atoms with Crippen molar-refractivity contribution in [3.63, 3.8) is 0 Å². The Bertz CT molecular complexity index is 4840. The Labute approximate surface area is 548 Å². The maximum atomic E-state index is 11.8. The predicted octanol–water partition coefficient (Wildman–Crippen LogP) is 13.8. The molecule has 19 nitrogen and oxygen atoms in total. The minimum absolute atomic E-state index is 0. The number of carbonyl (C=O) groups is 6. The fraction of sp³-hybridized carbons (Fsp3) is 0.280. The second-order valence-corrected chi connectivity index (χ2v) is 22.7. The first-order chi connectivity index (χ1) is 43.4. The standard InChI is InChI=1S/C14H16N2O.C13H14N2O.C12H12N2O.C11H10N2O.C10H7N3O.C10H8N2O.5CH4/c1-2-3-7-16-9-10-8-15-14(17)11-5-4-6-12(16)13(10)11;1-2-6-15-8-9-7-14-13(16)10-4-3-5-11(15)12(9)10;1-2-14-7-8-6-13-12(15)9-4-3-5-10(14)11(8)9;1-13-6-7-5-12-11(14)8-3-2-4-9(13)10(7)8;14-10-6-2-1-3-7-9(6)8(4-11-10)13-5-12-7;13-10-7-2-1-3-8-9(7)6(4-11-8)5-12-10;;;;;/h4-6,9H,2-3,7-8H2,1H3,(H,15,17);3-5,8H,2,6-7H2,1H3,(H,14,16);3-5,7H,2,6H2,1H3,(H,13,15);2-4,6H,5H2,1H3,(H,12,14);1-3,5H,4H2,(H,11,14);1-4,11H,5H2,(H,12,13);5*1H4. The number of carbonyl (C=O) groups excluding carboxylic acids is 6. The van der Waals surface area contributed by atoms with Crippen LogP contribution < -0.4 is 31.9 Å². The number of hydrogen-bond donors (Lipinski definition) is 7. The van der Waals surface area contributed by atoms with E-state index in [1.807, 2.05) is 98.2 Å². The van der Waals surface area contributed by atoms with Gasteiger partial charge in [0.1, 0.15) is 6.33 Å². The van der Waals surface area contributed by atoms with Gasteiger partial charge < -0.3 is 55.2 Å². The Morgan fingerprint density at radius 3 is 1.24 bits per heavy atom. The second kappa shape index (κ2) is 29.2. The Hall–Kier alpha value is -10.8. The van der Waals surface area contributed by atoms with Crippen molar-refractivity contribution in [3.05, 3.63) is 213 Å². The van der Waals surface area contributed by atoms with Gasteiger partial charge >= 0.3 is 0 Å². The number of aromatic amines is 1. The molecule has 0 aliphatic carbocycles. The first kappa shape index (κ1) is 69.1. The SMILES string of the molecule is C.C.C.C.C.CCCCn1cc2c3c(cccc31)C(=O)NC2.CCCn1cc2c3c(cccc31)C(=O)NC2.CCn1cc2c3c(cccc31)C(=O)NC2.Cn1cc2c3c(cccc31)C(=O)NC2.O=C1NCc2c[nH]c3cccc1c23.O=C1NCc2ncnc3cccc1c23. The number of rotatable bonds is 6. The zero-order valence-electron chi connectivity index (χ0n) is 50.0.